The molecular weight excluding hydrogens is 318 g/mol. The van der Waals surface area contributed by atoms with Crippen LogP contribution in [0.15, 0.2) is 47.3 Å². The van der Waals surface area contributed by atoms with E-state index in [0.29, 0.717) is 25.5 Å². The summed E-state index contributed by atoms with van der Waals surface area (Å²) in [6.07, 6.45) is 5.78. The van der Waals surface area contributed by atoms with Crippen LogP contribution in [0.25, 0.3) is 0 Å². The van der Waals surface area contributed by atoms with E-state index in [9.17, 15) is 4.79 Å². The maximum absolute atomic E-state index is 12.5. The van der Waals surface area contributed by atoms with Gasteiger partial charge in [-0.2, -0.15) is 0 Å². The van der Waals surface area contributed by atoms with Gasteiger partial charge in [0.15, 0.2) is 0 Å². The van der Waals surface area contributed by atoms with Crippen LogP contribution in [0.3, 0.4) is 0 Å². The number of carbonyl (C=O) groups is 1. The molecule has 2 atom stereocenters. The molecule has 2 fully saturated rings. The Morgan fingerprint density at radius 1 is 1.24 bits per heavy atom. The van der Waals surface area contributed by atoms with E-state index in [1.165, 1.54) is 5.56 Å². The van der Waals surface area contributed by atoms with Gasteiger partial charge in [-0.3, -0.25) is 14.7 Å². The van der Waals surface area contributed by atoms with Crippen LogP contribution in [-0.4, -0.2) is 59.6 Å². The molecule has 0 aliphatic carbocycles. The fourth-order valence-electron chi connectivity index (χ4n) is 3.73. The highest BCUT2D eigenvalue weighted by molar-refractivity contribution is 5.78. The van der Waals surface area contributed by atoms with Gasteiger partial charge >= 0.3 is 0 Å². The third-order valence-corrected chi connectivity index (χ3v) is 5.00. The summed E-state index contributed by atoms with van der Waals surface area (Å²) in [4.78, 5) is 21.0. The summed E-state index contributed by atoms with van der Waals surface area (Å²) in [5.74, 6) is 1.20. The zero-order valence-corrected chi connectivity index (χ0v) is 14.2. The van der Waals surface area contributed by atoms with Gasteiger partial charge in [0.25, 0.3) is 0 Å². The van der Waals surface area contributed by atoms with Crippen molar-refractivity contribution in [3.05, 3.63) is 54.2 Å². The number of amides is 1. The first kappa shape index (κ1) is 16.3. The van der Waals surface area contributed by atoms with Crippen LogP contribution in [0, 0.1) is 5.92 Å². The number of furan rings is 1. The highest BCUT2D eigenvalue weighted by atomic mass is 16.5. The molecule has 0 spiro atoms. The second kappa shape index (κ2) is 7.37. The highest BCUT2D eigenvalue weighted by Crippen LogP contribution is 2.25. The molecule has 0 N–H and O–H groups in total. The molecule has 25 heavy (non-hydrogen) atoms. The number of rotatable bonds is 4. The summed E-state index contributed by atoms with van der Waals surface area (Å²) >= 11 is 0. The van der Waals surface area contributed by atoms with Crippen LogP contribution in [0.2, 0.25) is 0 Å². The van der Waals surface area contributed by atoms with Gasteiger partial charge in [-0.25, -0.2) is 0 Å². The molecule has 0 aromatic carbocycles. The molecule has 2 aromatic heterocycles. The average Bonchev–Trinajstić information content (AvgIpc) is 3.23. The summed E-state index contributed by atoms with van der Waals surface area (Å²) in [5.41, 5.74) is 1.21. The number of carbonyl (C=O) groups excluding carboxylic acids is 1. The Hall–Kier alpha value is -2.18. The van der Waals surface area contributed by atoms with E-state index in [1.807, 2.05) is 29.3 Å². The molecule has 4 rings (SSSR count). The summed E-state index contributed by atoms with van der Waals surface area (Å²) in [6, 6.07) is 7.73. The second-order valence-corrected chi connectivity index (χ2v) is 6.82. The number of fused-ring (bicyclic) bond motifs is 1. The van der Waals surface area contributed by atoms with Crippen molar-refractivity contribution >= 4 is 5.91 Å². The van der Waals surface area contributed by atoms with Crippen molar-refractivity contribution in [3.8, 4) is 0 Å². The minimum absolute atomic E-state index is 0.116. The fraction of sp³-hybridized carbons (Fsp3) is 0.474. The molecule has 2 aliphatic rings. The first-order valence-corrected chi connectivity index (χ1v) is 8.81. The molecule has 0 bridgehead atoms. The smallest absolute Gasteiger partial charge is 0.230 e. The number of hydrogen-bond donors (Lipinski definition) is 0. The van der Waals surface area contributed by atoms with Crippen molar-refractivity contribution < 1.29 is 13.9 Å². The van der Waals surface area contributed by atoms with Crippen LogP contribution < -0.4 is 0 Å². The van der Waals surface area contributed by atoms with Gasteiger partial charge in [0, 0.05) is 51.0 Å². The lowest BCUT2D eigenvalue weighted by Crippen LogP contribution is -2.34. The standard InChI is InChI=1S/C19H23N3O3/c23-19(9-17-4-2-7-24-17)22-13-16-12-21(6-8-25-18(16)14-22)11-15-3-1-5-20-10-15/h1-5,7,10,16,18H,6,8-9,11-14H2/t16-,18+/m1/s1. The largest absolute Gasteiger partial charge is 0.469 e. The van der Waals surface area contributed by atoms with Crippen molar-refractivity contribution in [1.82, 2.24) is 14.8 Å². The van der Waals surface area contributed by atoms with Gasteiger partial charge in [0.05, 0.1) is 25.4 Å². The first-order chi connectivity index (χ1) is 12.3. The van der Waals surface area contributed by atoms with Crippen LogP contribution in [0.4, 0.5) is 0 Å². The van der Waals surface area contributed by atoms with Gasteiger partial charge in [-0.05, 0) is 23.8 Å². The van der Waals surface area contributed by atoms with Crippen LogP contribution in [-0.2, 0) is 22.5 Å². The van der Waals surface area contributed by atoms with E-state index in [-0.39, 0.29) is 12.0 Å². The number of likely N-dealkylation sites (tertiary alicyclic amines) is 1. The lowest BCUT2D eigenvalue weighted by atomic mass is 10.1. The molecule has 0 unspecified atom stereocenters. The van der Waals surface area contributed by atoms with Crippen LogP contribution in [0.5, 0.6) is 0 Å². The Bertz CT molecular complexity index is 689. The Balaban J connectivity index is 1.36. The molecule has 132 valence electrons. The van der Waals surface area contributed by atoms with Gasteiger partial charge in [-0.1, -0.05) is 6.07 Å². The Kier molecular flexibility index (Phi) is 4.81. The lowest BCUT2D eigenvalue weighted by Gasteiger charge is -2.23. The summed E-state index contributed by atoms with van der Waals surface area (Å²) in [5, 5.41) is 0. The van der Waals surface area contributed by atoms with Gasteiger partial charge in [0.1, 0.15) is 5.76 Å². The van der Waals surface area contributed by atoms with Crippen molar-refractivity contribution in [2.45, 2.75) is 19.1 Å². The monoisotopic (exact) mass is 341 g/mol. The summed E-state index contributed by atoms with van der Waals surface area (Å²) in [6.45, 7) is 4.90. The highest BCUT2D eigenvalue weighted by Gasteiger charge is 2.38. The van der Waals surface area contributed by atoms with Crippen molar-refractivity contribution in [1.29, 1.82) is 0 Å². The number of ether oxygens (including phenoxy) is 1. The lowest BCUT2D eigenvalue weighted by molar-refractivity contribution is -0.130. The minimum atomic E-state index is 0.116. The number of aromatic nitrogens is 1. The maximum atomic E-state index is 12.5. The fourth-order valence-corrected chi connectivity index (χ4v) is 3.73. The molecule has 6 nitrogen and oxygen atoms in total. The molecule has 0 radical (unpaired) electrons. The molecule has 6 heteroatoms. The first-order valence-electron chi connectivity index (χ1n) is 8.81. The molecule has 2 aliphatic heterocycles. The molecular formula is C19H23N3O3. The summed E-state index contributed by atoms with van der Waals surface area (Å²) < 4.78 is 11.3. The third-order valence-electron chi connectivity index (χ3n) is 5.00. The average molecular weight is 341 g/mol. The zero-order valence-electron chi connectivity index (χ0n) is 14.2. The molecule has 2 saturated heterocycles. The SMILES string of the molecule is O=C(Cc1ccco1)N1C[C@H]2CN(Cc3cccnc3)CCO[C@H]2C1. The van der Waals surface area contributed by atoms with Crippen molar-refractivity contribution in [2.75, 3.05) is 32.8 Å². The quantitative estimate of drug-likeness (QED) is 0.845. The van der Waals surface area contributed by atoms with Gasteiger partial charge < -0.3 is 14.1 Å². The predicted molar refractivity (Wildman–Crippen MR) is 91.7 cm³/mol. The van der Waals surface area contributed by atoms with E-state index in [1.54, 1.807) is 12.5 Å². The van der Waals surface area contributed by atoms with Crippen LogP contribution in [0.1, 0.15) is 11.3 Å². The van der Waals surface area contributed by atoms with Crippen LogP contribution >= 0.6 is 0 Å². The summed E-state index contributed by atoms with van der Waals surface area (Å²) in [7, 11) is 0. The van der Waals surface area contributed by atoms with Gasteiger partial charge in [0.2, 0.25) is 5.91 Å². The van der Waals surface area contributed by atoms with E-state index in [4.69, 9.17) is 9.15 Å². The number of hydrogen-bond acceptors (Lipinski definition) is 5. The molecule has 2 aromatic rings. The normalized spacial score (nSPS) is 24.1. The third kappa shape index (κ3) is 3.91. The topological polar surface area (TPSA) is 58.8 Å². The maximum Gasteiger partial charge on any atom is 0.230 e. The Morgan fingerprint density at radius 2 is 2.20 bits per heavy atom. The van der Waals surface area contributed by atoms with E-state index >= 15 is 0 Å². The Labute approximate surface area is 147 Å². The number of nitrogens with zero attached hydrogens (tertiary/aromatic N) is 3. The molecule has 4 heterocycles. The van der Waals surface area contributed by atoms with E-state index in [0.717, 1.165) is 31.9 Å². The van der Waals surface area contributed by atoms with E-state index in [2.05, 4.69) is 16.0 Å². The van der Waals surface area contributed by atoms with E-state index < -0.39 is 0 Å². The molecule has 0 saturated carbocycles. The zero-order chi connectivity index (χ0) is 17.1. The Morgan fingerprint density at radius 3 is 3.00 bits per heavy atom. The number of pyridine rings is 1. The van der Waals surface area contributed by atoms with Crippen molar-refractivity contribution in [2.24, 2.45) is 5.92 Å². The van der Waals surface area contributed by atoms with Gasteiger partial charge in [-0.15, -0.1) is 0 Å². The predicted octanol–water partition coefficient (Wildman–Crippen LogP) is 1.58. The minimum Gasteiger partial charge on any atom is -0.469 e. The molecule has 1 amide bonds. The van der Waals surface area contributed by atoms with Crippen molar-refractivity contribution in [3.63, 3.8) is 0 Å². The second-order valence-electron chi connectivity index (χ2n) is 6.82.